The molecule has 3 aromatic carbocycles. The SMILES string of the molecule is FC(F)(F)C1(c2ccc(Cl)cc2)N=Cn2c(c(-c3ccccc3)c3ccccc32)O1. The summed E-state index contributed by atoms with van der Waals surface area (Å²) in [5.41, 5.74) is -0.969. The van der Waals surface area contributed by atoms with E-state index < -0.39 is 11.9 Å². The molecular formula is C23H14ClF3N2O. The first-order valence-corrected chi connectivity index (χ1v) is 9.54. The zero-order chi connectivity index (χ0) is 20.9. The third-order valence-electron chi connectivity index (χ3n) is 5.15. The molecule has 0 saturated carbocycles. The molecule has 150 valence electrons. The average Bonchev–Trinajstić information content (AvgIpc) is 3.07. The molecule has 1 aliphatic heterocycles. The number of rotatable bonds is 2. The monoisotopic (exact) mass is 426 g/mol. The summed E-state index contributed by atoms with van der Waals surface area (Å²) in [5.74, 6) is 0.0877. The summed E-state index contributed by atoms with van der Waals surface area (Å²) in [6.07, 6.45) is -3.61. The van der Waals surface area contributed by atoms with Crippen LogP contribution in [0.5, 0.6) is 5.88 Å². The Kier molecular flexibility index (Phi) is 4.15. The second kappa shape index (κ2) is 6.64. The topological polar surface area (TPSA) is 26.5 Å². The van der Waals surface area contributed by atoms with E-state index in [-0.39, 0.29) is 11.4 Å². The molecule has 5 rings (SSSR count). The predicted octanol–water partition coefficient (Wildman–Crippen LogP) is 6.65. The Labute approximate surface area is 175 Å². The highest BCUT2D eigenvalue weighted by Crippen LogP contribution is 2.50. The first kappa shape index (κ1) is 18.8. The minimum absolute atomic E-state index is 0.0877. The number of fused-ring (bicyclic) bond motifs is 3. The van der Waals surface area contributed by atoms with Crippen molar-refractivity contribution in [3.63, 3.8) is 0 Å². The van der Waals surface area contributed by atoms with Gasteiger partial charge in [-0.2, -0.15) is 13.2 Å². The number of para-hydroxylation sites is 1. The molecule has 1 unspecified atom stereocenters. The number of hydrogen-bond donors (Lipinski definition) is 0. The van der Waals surface area contributed by atoms with Crippen molar-refractivity contribution >= 4 is 28.8 Å². The molecular weight excluding hydrogens is 413 g/mol. The molecule has 1 aromatic heterocycles. The van der Waals surface area contributed by atoms with E-state index >= 15 is 0 Å². The largest absolute Gasteiger partial charge is 0.455 e. The normalized spacial score (nSPS) is 18.3. The van der Waals surface area contributed by atoms with Gasteiger partial charge >= 0.3 is 11.9 Å². The number of hydrogen-bond acceptors (Lipinski definition) is 2. The van der Waals surface area contributed by atoms with Crippen LogP contribution in [-0.2, 0) is 5.72 Å². The van der Waals surface area contributed by atoms with Gasteiger partial charge in [-0.3, -0.25) is 4.57 Å². The van der Waals surface area contributed by atoms with E-state index in [0.717, 1.165) is 10.9 Å². The molecule has 0 saturated heterocycles. The van der Waals surface area contributed by atoms with Crippen molar-refractivity contribution in [1.29, 1.82) is 0 Å². The maximum absolute atomic E-state index is 14.4. The molecule has 1 aliphatic rings. The fourth-order valence-electron chi connectivity index (χ4n) is 3.75. The van der Waals surface area contributed by atoms with Gasteiger partial charge in [0.15, 0.2) is 0 Å². The van der Waals surface area contributed by atoms with E-state index in [1.54, 1.807) is 4.57 Å². The van der Waals surface area contributed by atoms with Crippen molar-refractivity contribution < 1.29 is 17.9 Å². The highest BCUT2D eigenvalue weighted by atomic mass is 35.5. The van der Waals surface area contributed by atoms with E-state index in [1.807, 2.05) is 54.6 Å². The van der Waals surface area contributed by atoms with Gasteiger partial charge < -0.3 is 4.74 Å². The van der Waals surface area contributed by atoms with Gasteiger partial charge in [0.05, 0.1) is 11.1 Å². The van der Waals surface area contributed by atoms with E-state index in [2.05, 4.69) is 4.99 Å². The Morgan fingerprint density at radius 2 is 1.53 bits per heavy atom. The van der Waals surface area contributed by atoms with Crippen LogP contribution in [0.25, 0.3) is 22.0 Å². The van der Waals surface area contributed by atoms with E-state index in [0.29, 0.717) is 16.1 Å². The lowest BCUT2D eigenvalue weighted by Gasteiger charge is -2.35. The molecule has 1 atom stereocenters. The van der Waals surface area contributed by atoms with Gasteiger partial charge in [-0.15, -0.1) is 0 Å². The summed E-state index contributed by atoms with van der Waals surface area (Å²) in [7, 11) is 0. The number of ether oxygens (including phenoxy) is 1. The second-order valence-electron chi connectivity index (χ2n) is 6.93. The zero-order valence-electron chi connectivity index (χ0n) is 15.4. The maximum Gasteiger partial charge on any atom is 0.455 e. The van der Waals surface area contributed by atoms with Gasteiger partial charge in [0.25, 0.3) is 0 Å². The number of benzene rings is 3. The lowest BCUT2D eigenvalue weighted by atomic mass is 10.0. The molecule has 0 aliphatic carbocycles. The van der Waals surface area contributed by atoms with Crippen molar-refractivity contribution in [2.75, 3.05) is 0 Å². The third-order valence-corrected chi connectivity index (χ3v) is 5.40. The second-order valence-corrected chi connectivity index (χ2v) is 7.37. The average molecular weight is 427 g/mol. The lowest BCUT2D eigenvalue weighted by molar-refractivity contribution is -0.253. The van der Waals surface area contributed by atoms with Crippen molar-refractivity contribution in [2.24, 2.45) is 4.99 Å². The summed E-state index contributed by atoms with van der Waals surface area (Å²) in [6, 6.07) is 21.9. The molecule has 4 aromatic rings. The number of aliphatic imine (C=N–C) groups is 1. The van der Waals surface area contributed by atoms with Crippen molar-refractivity contribution in [1.82, 2.24) is 4.57 Å². The van der Waals surface area contributed by atoms with Crippen LogP contribution in [0.1, 0.15) is 5.56 Å². The van der Waals surface area contributed by atoms with Gasteiger partial charge in [-0.25, -0.2) is 4.99 Å². The van der Waals surface area contributed by atoms with E-state index in [4.69, 9.17) is 16.3 Å². The molecule has 0 bridgehead atoms. The van der Waals surface area contributed by atoms with Gasteiger partial charge in [0, 0.05) is 16.0 Å². The quantitative estimate of drug-likeness (QED) is 0.352. The molecule has 30 heavy (non-hydrogen) atoms. The number of aromatic nitrogens is 1. The minimum atomic E-state index is -4.80. The Balaban J connectivity index is 1.80. The van der Waals surface area contributed by atoms with Crippen LogP contribution in [0.4, 0.5) is 13.2 Å². The van der Waals surface area contributed by atoms with E-state index in [9.17, 15) is 13.2 Å². The van der Waals surface area contributed by atoms with Crippen molar-refractivity contribution in [3.8, 4) is 17.0 Å². The van der Waals surface area contributed by atoms with Crippen molar-refractivity contribution in [2.45, 2.75) is 11.9 Å². The lowest BCUT2D eigenvalue weighted by Crippen LogP contribution is -2.48. The highest BCUT2D eigenvalue weighted by Gasteiger charge is 2.61. The Morgan fingerprint density at radius 3 is 2.23 bits per heavy atom. The third kappa shape index (κ3) is 2.71. The summed E-state index contributed by atoms with van der Waals surface area (Å²) >= 11 is 5.89. The fraction of sp³-hybridized carbons (Fsp3) is 0.0870. The van der Waals surface area contributed by atoms with Crippen LogP contribution in [0.15, 0.2) is 83.9 Å². The van der Waals surface area contributed by atoms with Crippen LogP contribution in [-0.4, -0.2) is 17.1 Å². The van der Waals surface area contributed by atoms with Crippen LogP contribution in [0.3, 0.4) is 0 Å². The van der Waals surface area contributed by atoms with Gasteiger partial charge in [0.2, 0.25) is 5.88 Å². The first-order valence-electron chi connectivity index (χ1n) is 9.16. The summed E-state index contributed by atoms with van der Waals surface area (Å²) in [6.45, 7) is 0. The summed E-state index contributed by atoms with van der Waals surface area (Å²) in [4.78, 5) is 3.88. The number of halogens is 4. The zero-order valence-corrected chi connectivity index (χ0v) is 16.2. The maximum atomic E-state index is 14.4. The number of alkyl halides is 3. The first-order chi connectivity index (χ1) is 14.4. The molecule has 0 N–H and O–H groups in total. The van der Waals surface area contributed by atoms with Crippen LogP contribution in [0.2, 0.25) is 5.02 Å². The van der Waals surface area contributed by atoms with Crippen LogP contribution >= 0.6 is 11.6 Å². The molecule has 0 radical (unpaired) electrons. The molecule has 0 fully saturated rings. The van der Waals surface area contributed by atoms with Gasteiger partial charge in [-0.1, -0.05) is 72.3 Å². The standard InChI is InChI=1S/C23H14ClF3N2O/c24-17-12-10-16(11-13-17)22(23(25,26)27)28-14-29-19-9-5-4-8-18(19)20(21(29)30-22)15-6-2-1-3-7-15/h1-14H. The fourth-order valence-corrected chi connectivity index (χ4v) is 3.87. The van der Waals surface area contributed by atoms with Gasteiger partial charge in [-0.05, 0) is 23.8 Å². The summed E-state index contributed by atoms with van der Waals surface area (Å²) < 4.78 is 50.5. The Bertz CT molecular complexity index is 1260. The predicted molar refractivity (Wildman–Crippen MR) is 111 cm³/mol. The minimum Gasteiger partial charge on any atom is -0.436 e. The molecule has 3 nitrogen and oxygen atoms in total. The molecule has 7 heteroatoms. The molecule has 0 spiro atoms. The van der Waals surface area contributed by atoms with Crippen LogP contribution in [0, 0.1) is 0 Å². The number of nitrogens with zero attached hydrogens (tertiary/aromatic N) is 2. The molecule has 0 amide bonds. The molecule has 2 heterocycles. The summed E-state index contributed by atoms with van der Waals surface area (Å²) in [5, 5.41) is 1.11. The Morgan fingerprint density at radius 1 is 0.867 bits per heavy atom. The smallest absolute Gasteiger partial charge is 0.436 e. The Hall–Kier alpha value is -3.25. The van der Waals surface area contributed by atoms with Crippen molar-refractivity contribution in [3.05, 3.63) is 89.4 Å². The highest BCUT2D eigenvalue weighted by molar-refractivity contribution is 6.30. The van der Waals surface area contributed by atoms with Crippen LogP contribution < -0.4 is 4.74 Å². The van der Waals surface area contributed by atoms with Gasteiger partial charge in [0.1, 0.15) is 6.34 Å². The van der Waals surface area contributed by atoms with E-state index in [1.165, 1.54) is 30.6 Å².